The van der Waals surface area contributed by atoms with Crippen LogP contribution in [0.4, 0.5) is 0 Å². The van der Waals surface area contributed by atoms with Crippen LogP contribution in [0.5, 0.6) is 0 Å². The van der Waals surface area contributed by atoms with Crippen molar-refractivity contribution in [1.29, 1.82) is 0 Å². The fraction of sp³-hybridized carbons (Fsp3) is 0.222. The van der Waals surface area contributed by atoms with Gasteiger partial charge in [0.15, 0.2) is 0 Å². The van der Waals surface area contributed by atoms with E-state index in [0.717, 1.165) is 6.54 Å². The molecule has 1 unspecified atom stereocenters. The highest BCUT2D eigenvalue weighted by atomic mass is 15.1. The first-order chi connectivity index (χ1) is 9.27. The minimum atomic E-state index is 0.470. The highest BCUT2D eigenvalue weighted by molar-refractivity contribution is 5.95. The normalized spacial score (nSPS) is 20.0. The molecular weight excluding hydrogens is 230 g/mol. The van der Waals surface area contributed by atoms with E-state index >= 15 is 0 Å². The summed E-state index contributed by atoms with van der Waals surface area (Å²) < 4.78 is 0. The van der Waals surface area contributed by atoms with Gasteiger partial charge in [-0.3, -0.25) is 4.90 Å². The molecule has 0 fully saturated rings. The lowest BCUT2D eigenvalue weighted by Gasteiger charge is -2.18. The van der Waals surface area contributed by atoms with Crippen molar-refractivity contribution < 1.29 is 0 Å². The second-order valence-corrected chi connectivity index (χ2v) is 5.22. The van der Waals surface area contributed by atoms with E-state index in [4.69, 9.17) is 0 Å². The monoisotopic (exact) mass is 249 g/mol. The molecule has 1 nitrogen and oxygen atoms in total. The van der Waals surface area contributed by atoms with Gasteiger partial charge >= 0.3 is 0 Å². The molecule has 0 saturated heterocycles. The van der Waals surface area contributed by atoms with Crippen LogP contribution in [-0.4, -0.2) is 24.5 Å². The summed E-state index contributed by atoms with van der Waals surface area (Å²) in [5.74, 6) is 0. The van der Waals surface area contributed by atoms with Gasteiger partial charge in [-0.2, -0.15) is 0 Å². The predicted octanol–water partition coefficient (Wildman–Crippen LogP) is 3.93. The molecule has 96 valence electrons. The van der Waals surface area contributed by atoms with Gasteiger partial charge in [-0.25, -0.2) is 0 Å². The van der Waals surface area contributed by atoms with Crippen LogP contribution in [-0.2, 0) is 0 Å². The van der Waals surface area contributed by atoms with Crippen LogP contribution < -0.4 is 0 Å². The van der Waals surface area contributed by atoms with Crippen molar-refractivity contribution in [2.75, 3.05) is 13.6 Å². The van der Waals surface area contributed by atoms with E-state index in [-0.39, 0.29) is 0 Å². The van der Waals surface area contributed by atoms with E-state index < -0.39 is 0 Å². The van der Waals surface area contributed by atoms with Crippen LogP contribution in [0, 0.1) is 0 Å². The quantitative estimate of drug-likeness (QED) is 0.779. The number of nitrogens with zero attached hydrogens (tertiary/aromatic N) is 1. The number of hydrogen-bond acceptors (Lipinski definition) is 1. The van der Waals surface area contributed by atoms with Crippen molar-refractivity contribution in [2.45, 2.75) is 13.0 Å². The second kappa shape index (κ2) is 5.02. The van der Waals surface area contributed by atoms with E-state index in [0.29, 0.717) is 6.04 Å². The Morgan fingerprint density at radius 1 is 0.842 bits per heavy atom. The van der Waals surface area contributed by atoms with Crippen molar-refractivity contribution in [3.63, 3.8) is 0 Å². The Hall–Kier alpha value is -1.86. The maximum Gasteiger partial charge on any atom is 0.0329 e. The lowest BCUT2D eigenvalue weighted by Crippen LogP contribution is -2.24. The van der Waals surface area contributed by atoms with Gasteiger partial charge < -0.3 is 0 Å². The lowest BCUT2D eigenvalue weighted by atomic mass is 9.94. The van der Waals surface area contributed by atoms with Crippen LogP contribution in [0.15, 0.2) is 60.7 Å². The SMILES string of the molecule is CC1C(c2ccccc2)=C(c2ccccc2)CN1C. The zero-order chi connectivity index (χ0) is 13.2. The summed E-state index contributed by atoms with van der Waals surface area (Å²) in [6.07, 6.45) is 0. The topological polar surface area (TPSA) is 3.24 Å². The Morgan fingerprint density at radius 2 is 1.37 bits per heavy atom. The Balaban J connectivity index is 2.14. The molecule has 2 aromatic rings. The standard InChI is InChI=1S/C18H19N/c1-14-18(16-11-7-4-8-12-16)17(13-19(14)2)15-9-5-3-6-10-15/h3-12,14H,13H2,1-2H3. The minimum Gasteiger partial charge on any atom is -0.295 e. The Bertz CT molecular complexity index is 584. The van der Waals surface area contributed by atoms with Crippen molar-refractivity contribution >= 4 is 11.1 Å². The molecule has 3 rings (SSSR count). The molecule has 1 aliphatic rings. The predicted molar refractivity (Wildman–Crippen MR) is 81.8 cm³/mol. The third-order valence-electron chi connectivity index (χ3n) is 4.02. The molecule has 0 saturated carbocycles. The van der Waals surface area contributed by atoms with Gasteiger partial charge in [0, 0.05) is 12.6 Å². The van der Waals surface area contributed by atoms with Gasteiger partial charge in [0.1, 0.15) is 0 Å². The Labute approximate surface area is 115 Å². The maximum atomic E-state index is 2.41. The largest absolute Gasteiger partial charge is 0.295 e. The van der Waals surface area contributed by atoms with Crippen LogP contribution in [0.3, 0.4) is 0 Å². The second-order valence-electron chi connectivity index (χ2n) is 5.22. The molecule has 1 atom stereocenters. The molecule has 0 aliphatic carbocycles. The van der Waals surface area contributed by atoms with Gasteiger partial charge in [0.25, 0.3) is 0 Å². The number of benzene rings is 2. The summed E-state index contributed by atoms with van der Waals surface area (Å²) in [6.45, 7) is 3.31. The van der Waals surface area contributed by atoms with Crippen molar-refractivity contribution in [3.05, 3.63) is 71.8 Å². The van der Waals surface area contributed by atoms with Gasteiger partial charge in [-0.15, -0.1) is 0 Å². The van der Waals surface area contributed by atoms with Crippen LogP contribution in [0.25, 0.3) is 11.1 Å². The summed E-state index contributed by atoms with van der Waals surface area (Å²) in [5, 5.41) is 0. The van der Waals surface area contributed by atoms with E-state index in [1.807, 2.05) is 0 Å². The third kappa shape index (κ3) is 2.22. The first-order valence-corrected chi connectivity index (χ1v) is 6.81. The van der Waals surface area contributed by atoms with E-state index in [1.54, 1.807) is 0 Å². The fourth-order valence-electron chi connectivity index (χ4n) is 2.86. The van der Waals surface area contributed by atoms with Crippen LogP contribution >= 0.6 is 0 Å². The molecule has 1 heteroatoms. The zero-order valence-corrected chi connectivity index (χ0v) is 11.5. The maximum absolute atomic E-state index is 2.41. The average molecular weight is 249 g/mol. The number of likely N-dealkylation sites (N-methyl/N-ethyl adjacent to an activating group) is 1. The van der Waals surface area contributed by atoms with Crippen LogP contribution in [0.1, 0.15) is 18.1 Å². The molecule has 19 heavy (non-hydrogen) atoms. The smallest absolute Gasteiger partial charge is 0.0329 e. The van der Waals surface area contributed by atoms with E-state index in [9.17, 15) is 0 Å². The molecular formula is C18H19N. The molecule has 0 N–H and O–H groups in total. The molecule has 0 amide bonds. The average Bonchev–Trinajstić information content (AvgIpc) is 2.77. The summed E-state index contributed by atoms with van der Waals surface area (Å²) in [4.78, 5) is 2.41. The molecule has 0 aromatic heterocycles. The number of hydrogen-bond donors (Lipinski definition) is 0. The molecule has 0 spiro atoms. The molecule has 0 radical (unpaired) electrons. The Kier molecular flexibility index (Phi) is 3.22. The lowest BCUT2D eigenvalue weighted by molar-refractivity contribution is 0.360. The highest BCUT2D eigenvalue weighted by Crippen LogP contribution is 2.36. The van der Waals surface area contributed by atoms with Gasteiger partial charge in [-0.05, 0) is 36.2 Å². The summed E-state index contributed by atoms with van der Waals surface area (Å²) >= 11 is 0. The summed E-state index contributed by atoms with van der Waals surface area (Å²) in [6, 6.07) is 22.0. The number of rotatable bonds is 2. The third-order valence-corrected chi connectivity index (χ3v) is 4.02. The minimum absolute atomic E-state index is 0.470. The van der Waals surface area contributed by atoms with Gasteiger partial charge in [0.2, 0.25) is 0 Å². The molecule has 2 aromatic carbocycles. The molecule has 1 aliphatic heterocycles. The highest BCUT2D eigenvalue weighted by Gasteiger charge is 2.27. The van der Waals surface area contributed by atoms with Crippen molar-refractivity contribution in [2.24, 2.45) is 0 Å². The van der Waals surface area contributed by atoms with Crippen LogP contribution in [0.2, 0.25) is 0 Å². The molecule has 0 bridgehead atoms. The van der Waals surface area contributed by atoms with E-state index in [1.165, 1.54) is 22.3 Å². The Morgan fingerprint density at radius 3 is 1.95 bits per heavy atom. The van der Waals surface area contributed by atoms with Crippen molar-refractivity contribution in [1.82, 2.24) is 4.90 Å². The van der Waals surface area contributed by atoms with Gasteiger partial charge in [0.05, 0.1) is 0 Å². The first-order valence-electron chi connectivity index (χ1n) is 6.81. The van der Waals surface area contributed by atoms with E-state index in [2.05, 4.69) is 79.5 Å². The molecule has 1 heterocycles. The summed E-state index contributed by atoms with van der Waals surface area (Å²) in [5.41, 5.74) is 5.62. The zero-order valence-electron chi connectivity index (χ0n) is 11.5. The van der Waals surface area contributed by atoms with Gasteiger partial charge in [-0.1, -0.05) is 60.7 Å². The van der Waals surface area contributed by atoms with Crippen molar-refractivity contribution in [3.8, 4) is 0 Å². The fourth-order valence-corrected chi connectivity index (χ4v) is 2.86. The first kappa shape index (κ1) is 12.2. The summed E-state index contributed by atoms with van der Waals surface area (Å²) in [7, 11) is 2.20.